The molecule has 12 nitrogen and oxygen atoms in total. The molecule has 1 fully saturated rings. The van der Waals surface area contributed by atoms with Gasteiger partial charge in [0.05, 0.1) is 38.4 Å². The number of benzene rings is 2. The third-order valence-corrected chi connectivity index (χ3v) is 8.93. The first-order valence-corrected chi connectivity index (χ1v) is 15.3. The zero-order valence-corrected chi connectivity index (χ0v) is 26.9. The smallest absolute Gasteiger partial charge is 0.262 e. The van der Waals surface area contributed by atoms with Crippen molar-refractivity contribution in [3.8, 4) is 23.0 Å². The quantitative estimate of drug-likeness (QED) is 0.231. The topological polar surface area (TPSA) is 137 Å². The molecule has 3 heterocycles. The highest BCUT2D eigenvalue weighted by Gasteiger charge is 2.45. The van der Waals surface area contributed by atoms with Crippen LogP contribution in [-0.4, -0.2) is 57.8 Å². The van der Waals surface area contributed by atoms with E-state index in [1.165, 1.54) is 21.3 Å². The lowest BCUT2D eigenvalue weighted by Gasteiger charge is -2.30. The molecule has 4 aromatic rings. The number of aromatic nitrogens is 1. The van der Waals surface area contributed by atoms with Crippen molar-refractivity contribution in [2.45, 2.75) is 57.3 Å². The van der Waals surface area contributed by atoms with Crippen LogP contribution in [0.1, 0.15) is 60.1 Å². The average molecular weight is 638 g/mol. The Kier molecular flexibility index (Phi) is 8.97. The lowest BCUT2D eigenvalue weighted by atomic mass is 9.88. The molecule has 246 valence electrons. The second-order valence-corrected chi connectivity index (χ2v) is 11.5. The van der Waals surface area contributed by atoms with Crippen molar-refractivity contribution < 1.29 is 42.7 Å². The molecule has 1 aliphatic carbocycles. The molecule has 1 aliphatic heterocycles. The first-order valence-electron chi connectivity index (χ1n) is 15.3. The summed E-state index contributed by atoms with van der Waals surface area (Å²) >= 11 is 0. The van der Waals surface area contributed by atoms with Crippen LogP contribution in [0.3, 0.4) is 0 Å². The number of aromatic hydroxyl groups is 1. The fraction of sp³-hybridized carbons (Fsp3) is 0.471. The third kappa shape index (κ3) is 5.19. The standard InChI is InChI=1S/C34H39NO11/c1-7-8-19-13-20-25(34(38)35(19)2)21(36)11-17(29(20)41-5)9-10-18-12-22(40-4)26-28(37)27-31-23(44-16-45-31)14-24(43-15-39-3)32(27)46-33(26)30(18)42-6/h11-13,23-24,31,36H,7-10,14-16H2,1-6H3/t23-,24-,31-/m1/s1. The molecule has 1 saturated heterocycles. The van der Waals surface area contributed by atoms with E-state index in [-0.39, 0.29) is 52.8 Å². The van der Waals surface area contributed by atoms with E-state index in [9.17, 15) is 14.7 Å². The number of fused-ring (bicyclic) bond motifs is 5. The molecule has 0 saturated carbocycles. The first kappa shape index (κ1) is 31.9. The van der Waals surface area contributed by atoms with Crippen LogP contribution in [0.5, 0.6) is 23.0 Å². The summed E-state index contributed by atoms with van der Waals surface area (Å²) in [6.45, 7) is 2.10. The van der Waals surface area contributed by atoms with Crippen LogP contribution in [0.15, 0.2) is 32.2 Å². The molecule has 0 unspecified atom stereocenters. The maximum atomic E-state index is 14.2. The summed E-state index contributed by atoms with van der Waals surface area (Å²) in [6.07, 6.45) is 1.21. The maximum Gasteiger partial charge on any atom is 0.262 e. The molecule has 0 bridgehead atoms. The minimum absolute atomic E-state index is 0.00292. The molecule has 2 aliphatic rings. The molecule has 1 N–H and O–H groups in total. The third-order valence-electron chi connectivity index (χ3n) is 8.93. The summed E-state index contributed by atoms with van der Waals surface area (Å²) in [7, 11) is 7.79. The Hall–Kier alpha value is -4.10. The summed E-state index contributed by atoms with van der Waals surface area (Å²) in [5, 5.41) is 12.0. The monoisotopic (exact) mass is 637 g/mol. The van der Waals surface area contributed by atoms with Gasteiger partial charge in [-0.1, -0.05) is 13.3 Å². The Balaban J connectivity index is 1.47. The Morgan fingerprint density at radius 3 is 2.35 bits per heavy atom. The fourth-order valence-corrected chi connectivity index (χ4v) is 6.78. The van der Waals surface area contributed by atoms with Crippen LogP contribution in [0.25, 0.3) is 21.7 Å². The second-order valence-electron chi connectivity index (χ2n) is 11.5. The lowest BCUT2D eigenvalue weighted by molar-refractivity contribution is -0.101. The number of hydrogen-bond acceptors (Lipinski definition) is 11. The SMILES string of the molecule is CCCc1cc2c(OC)c(CCc3cc(OC)c4c(=O)c5c(oc4c3OC)[C@H](OCOC)C[C@H]3OCO[C@@H]53)cc(O)c2c(=O)n1C. The van der Waals surface area contributed by atoms with Gasteiger partial charge in [0.1, 0.15) is 54.2 Å². The summed E-state index contributed by atoms with van der Waals surface area (Å²) in [4.78, 5) is 27.4. The van der Waals surface area contributed by atoms with Crippen molar-refractivity contribution in [1.29, 1.82) is 0 Å². The van der Waals surface area contributed by atoms with Gasteiger partial charge in [-0.2, -0.15) is 0 Å². The summed E-state index contributed by atoms with van der Waals surface area (Å²) in [6, 6.07) is 5.24. The van der Waals surface area contributed by atoms with Gasteiger partial charge in [-0.05, 0) is 43.0 Å². The number of methoxy groups -OCH3 is 4. The molecule has 0 spiro atoms. The molecule has 2 aromatic heterocycles. The number of ether oxygens (including phenoxy) is 7. The van der Waals surface area contributed by atoms with Gasteiger partial charge in [0.15, 0.2) is 11.3 Å². The Morgan fingerprint density at radius 2 is 1.67 bits per heavy atom. The number of pyridine rings is 1. The summed E-state index contributed by atoms with van der Waals surface area (Å²) in [5.74, 6) is 1.42. The van der Waals surface area contributed by atoms with E-state index in [0.717, 1.165) is 12.1 Å². The van der Waals surface area contributed by atoms with Crippen molar-refractivity contribution in [2.75, 3.05) is 42.0 Å². The van der Waals surface area contributed by atoms with E-state index >= 15 is 0 Å². The zero-order valence-electron chi connectivity index (χ0n) is 26.9. The maximum absolute atomic E-state index is 14.2. The van der Waals surface area contributed by atoms with E-state index in [2.05, 4.69) is 0 Å². The van der Waals surface area contributed by atoms with Crippen LogP contribution in [0.4, 0.5) is 0 Å². The average Bonchev–Trinajstić information content (AvgIpc) is 3.52. The molecule has 0 radical (unpaired) electrons. The van der Waals surface area contributed by atoms with Crippen molar-refractivity contribution >= 4 is 21.7 Å². The molecular formula is C34H39NO11. The van der Waals surface area contributed by atoms with E-state index in [0.29, 0.717) is 70.8 Å². The number of hydrogen-bond donors (Lipinski definition) is 1. The van der Waals surface area contributed by atoms with Crippen LogP contribution in [-0.2, 0) is 45.3 Å². The van der Waals surface area contributed by atoms with Crippen LogP contribution >= 0.6 is 0 Å². The predicted molar refractivity (Wildman–Crippen MR) is 168 cm³/mol. The molecule has 12 heteroatoms. The minimum atomic E-state index is -0.607. The van der Waals surface area contributed by atoms with Gasteiger partial charge >= 0.3 is 0 Å². The number of rotatable bonds is 11. The van der Waals surface area contributed by atoms with Crippen LogP contribution in [0, 0.1) is 0 Å². The van der Waals surface area contributed by atoms with Gasteiger partial charge in [0.25, 0.3) is 5.56 Å². The van der Waals surface area contributed by atoms with Gasteiger partial charge in [0, 0.05) is 37.2 Å². The Labute approximate surface area is 265 Å². The summed E-state index contributed by atoms with van der Waals surface area (Å²) < 4.78 is 48.1. The second kappa shape index (κ2) is 13.0. The Bertz CT molecular complexity index is 1910. The number of nitrogens with zero attached hydrogens (tertiary/aromatic N) is 1. The minimum Gasteiger partial charge on any atom is -0.507 e. The number of aryl methyl sites for hydroxylation is 3. The van der Waals surface area contributed by atoms with E-state index in [1.54, 1.807) is 30.9 Å². The van der Waals surface area contributed by atoms with Gasteiger partial charge in [0.2, 0.25) is 5.43 Å². The normalized spacial score (nSPS) is 19.0. The van der Waals surface area contributed by atoms with E-state index in [1.807, 2.05) is 13.0 Å². The highest BCUT2D eigenvalue weighted by Crippen LogP contribution is 2.47. The number of phenolic OH excluding ortho intramolecular Hbond substituents is 1. The van der Waals surface area contributed by atoms with Gasteiger partial charge in [-0.25, -0.2) is 0 Å². The van der Waals surface area contributed by atoms with Crippen molar-refractivity contribution in [3.05, 3.63) is 66.9 Å². The van der Waals surface area contributed by atoms with Gasteiger partial charge in [-0.15, -0.1) is 0 Å². The molecular weight excluding hydrogens is 598 g/mol. The Morgan fingerprint density at radius 1 is 0.935 bits per heavy atom. The van der Waals surface area contributed by atoms with Crippen LogP contribution in [0.2, 0.25) is 0 Å². The van der Waals surface area contributed by atoms with Crippen molar-refractivity contribution in [2.24, 2.45) is 7.05 Å². The van der Waals surface area contributed by atoms with E-state index < -0.39 is 12.2 Å². The van der Waals surface area contributed by atoms with E-state index in [4.69, 9.17) is 37.6 Å². The molecule has 6 rings (SSSR count). The molecule has 2 aromatic carbocycles. The van der Waals surface area contributed by atoms with Gasteiger partial charge < -0.3 is 47.2 Å². The molecule has 0 amide bonds. The van der Waals surface area contributed by atoms with Crippen LogP contribution < -0.4 is 25.2 Å². The van der Waals surface area contributed by atoms with Crippen molar-refractivity contribution in [1.82, 2.24) is 4.57 Å². The summed E-state index contributed by atoms with van der Waals surface area (Å²) in [5.41, 5.74) is 2.23. The molecule has 46 heavy (non-hydrogen) atoms. The first-order chi connectivity index (χ1) is 22.3. The zero-order chi connectivity index (χ0) is 32.7. The highest BCUT2D eigenvalue weighted by molar-refractivity contribution is 5.94. The largest absolute Gasteiger partial charge is 0.507 e. The van der Waals surface area contributed by atoms with Gasteiger partial charge in [-0.3, -0.25) is 9.59 Å². The van der Waals surface area contributed by atoms with Crippen molar-refractivity contribution in [3.63, 3.8) is 0 Å². The lowest BCUT2D eigenvalue weighted by Crippen LogP contribution is -2.32. The molecule has 3 atom stereocenters. The fourth-order valence-electron chi connectivity index (χ4n) is 6.78. The predicted octanol–water partition coefficient (Wildman–Crippen LogP) is 4.59. The highest BCUT2D eigenvalue weighted by atomic mass is 16.7. The number of phenols is 1.